The Labute approximate surface area is 96.3 Å². The Balaban J connectivity index is 1.82. The maximum Gasteiger partial charge on any atom is 0.332 e. The Morgan fingerprint density at radius 1 is 1.38 bits per heavy atom. The number of aliphatic carboxylic acids is 1. The van der Waals surface area contributed by atoms with Crippen LogP contribution in [0, 0.1) is 0 Å². The molecule has 4 nitrogen and oxygen atoms in total. The van der Waals surface area contributed by atoms with E-state index < -0.39 is 5.97 Å². The van der Waals surface area contributed by atoms with Gasteiger partial charge in [0.25, 0.3) is 0 Å². The summed E-state index contributed by atoms with van der Waals surface area (Å²) in [5, 5.41) is 12.1. The molecule has 0 bridgehead atoms. The van der Waals surface area contributed by atoms with Gasteiger partial charge in [-0.25, -0.2) is 4.79 Å². The molecule has 4 heteroatoms. The van der Waals surface area contributed by atoms with Crippen LogP contribution in [0.2, 0.25) is 0 Å². The molecule has 0 radical (unpaired) electrons. The standard InChI is InChI=1S/C12H20N2O2/c1-9(12(15)16)8-13-10-5-7-14-6-3-2-4-11(10)14/h10-11,13H,1-8H2,(H,15,16). The number of piperidine rings is 1. The summed E-state index contributed by atoms with van der Waals surface area (Å²) in [6, 6.07) is 1.08. The first kappa shape index (κ1) is 11.6. The fourth-order valence-corrected chi connectivity index (χ4v) is 2.82. The molecule has 2 aliphatic rings. The molecular weight excluding hydrogens is 204 g/mol. The van der Waals surface area contributed by atoms with E-state index in [0.717, 1.165) is 13.0 Å². The zero-order valence-electron chi connectivity index (χ0n) is 9.61. The number of carboxylic acid groups (broad SMARTS) is 1. The third-order valence-electron chi connectivity index (χ3n) is 3.74. The normalized spacial score (nSPS) is 30.0. The maximum atomic E-state index is 10.6. The minimum Gasteiger partial charge on any atom is -0.478 e. The lowest BCUT2D eigenvalue weighted by Gasteiger charge is -2.32. The molecule has 2 aliphatic heterocycles. The Morgan fingerprint density at radius 3 is 2.94 bits per heavy atom. The van der Waals surface area contributed by atoms with Crippen molar-refractivity contribution in [2.24, 2.45) is 0 Å². The number of carbonyl (C=O) groups is 1. The van der Waals surface area contributed by atoms with Gasteiger partial charge in [0.05, 0.1) is 0 Å². The van der Waals surface area contributed by atoms with Crippen LogP contribution in [0.15, 0.2) is 12.2 Å². The van der Waals surface area contributed by atoms with Crippen molar-refractivity contribution in [1.29, 1.82) is 0 Å². The third kappa shape index (κ3) is 2.44. The number of fused-ring (bicyclic) bond motifs is 1. The molecule has 0 aromatic carbocycles. The minimum atomic E-state index is -0.897. The van der Waals surface area contributed by atoms with Crippen molar-refractivity contribution >= 4 is 5.97 Å². The van der Waals surface area contributed by atoms with Crippen molar-refractivity contribution in [1.82, 2.24) is 10.2 Å². The minimum absolute atomic E-state index is 0.259. The van der Waals surface area contributed by atoms with Crippen molar-refractivity contribution in [3.05, 3.63) is 12.2 Å². The van der Waals surface area contributed by atoms with E-state index >= 15 is 0 Å². The number of hydrogen-bond acceptors (Lipinski definition) is 3. The first-order chi connectivity index (χ1) is 7.68. The number of nitrogens with zero attached hydrogens (tertiary/aromatic N) is 1. The number of hydrogen-bond donors (Lipinski definition) is 2. The summed E-state index contributed by atoms with van der Waals surface area (Å²) in [5.74, 6) is -0.897. The molecule has 2 rings (SSSR count). The van der Waals surface area contributed by atoms with Gasteiger partial charge >= 0.3 is 5.97 Å². The summed E-state index contributed by atoms with van der Waals surface area (Å²) < 4.78 is 0. The van der Waals surface area contributed by atoms with Gasteiger partial charge in [-0.2, -0.15) is 0 Å². The second-order valence-corrected chi connectivity index (χ2v) is 4.78. The summed E-state index contributed by atoms with van der Waals surface area (Å²) in [4.78, 5) is 13.2. The highest BCUT2D eigenvalue weighted by molar-refractivity contribution is 5.86. The summed E-state index contributed by atoms with van der Waals surface area (Å²) in [5.41, 5.74) is 0.259. The fourth-order valence-electron chi connectivity index (χ4n) is 2.82. The van der Waals surface area contributed by atoms with Gasteiger partial charge in [0.2, 0.25) is 0 Å². The summed E-state index contributed by atoms with van der Waals surface area (Å²) >= 11 is 0. The summed E-state index contributed by atoms with van der Waals surface area (Å²) in [6.07, 6.45) is 5.00. The van der Waals surface area contributed by atoms with Gasteiger partial charge in [0.15, 0.2) is 0 Å². The highest BCUT2D eigenvalue weighted by Crippen LogP contribution is 2.27. The molecule has 2 atom stereocenters. The SMILES string of the molecule is C=C(CNC1CCN2CCCCC12)C(=O)O. The van der Waals surface area contributed by atoms with E-state index in [1.54, 1.807) is 0 Å². The average molecular weight is 224 g/mol. The largest absolute Gasteiger partial charge is 0.478 e. The van der Waals surface area contributed by atoms with Crippen LogP contribution in [0.1, 0.15) is 25.7 Å². The highest BCUT2D eigenvalue weighted by Gasteiger charge is 2.35. The molecule has 0 aromatic heterocycles. The van der Waals surface area contributed by atoms with Crippen LogP contribution in [-0.4, -0.2) is 47.7 Å². The molecule has 2 heterocycles. The lowest BCUT2D eigenvalue weighted by molar-refractivity contribution is -0.132. The zero-order valence-corrected chi connectivity index (χ0v) is 9.61. The van der Waals surface area contributed by atoms with Crippen LogP contribution in [0.25, 0.3) is 0 Å². The molecule has 0 amide bonds. The van der Waals surface area contributed by atoms with Crippen LogP contribution in [0.4, 0.5) is 0 Å². The van der Waals surface area contributed by atoms with E-state index in [4.69, 9.17) is 5.11 Å². The van der Waals surface area contributed by atoms with E-state index in [2.05, 4.69) is 16.8 Å². The number of nitrogens with one attached hydrogen (secondary N) is 1. The molecule has 0 spiro atoms. The van der Waals surface area contributed by atoms with Crippen LogP contribution in [0.3, 0.4) is 0 Å². The highest BCUT2D eigenvalue weighted by atomic mass is 16.4. The lowest BCUT2D eigenvalue weighted by atomic mass is 9.99. The quantitative estimate of drug-likeness (QED) is 0.695. The third-order valence-corrected chi connectivity index (χ3v) is 3.74. The molecule has 2 unspecified atom stereocenters. The monoisotopic (exact) mass is 224 g/mol. The topological polar surface area (TPSA) is 52.6 Å². The summed E-state index contributed by atoms with van der Waals surface area (Å²) in [7, 11) is 0. The predicted octanol–water partition coefficient (Wildman–Crippen LogP) is 0.844. The van der Waals surface area contributed by atoms with E-state index in [-0.39, 0.29) is 5.57 Å². The van der Waals surface area contributed by atoms with Crippen molar-refractivity contribution in [2.75, 3.05) is 19.6 Å². The van der Waals surface area contributed by atoms with Gasteiger partial charge < -0.3 is 10.4 Å². The zero-order chi connectivity index (χ0) is 11.5. The van der Waals surface area contributed by atoms with Gasteiger partial charge in [0.1, 0.15) is 0 Å². The lowest BCUT2D eigenvalue weighted by Crippen LogP contribution is -2.45. The molecule has 16 heavy (non-hydrogen) atoms. The second-order valence-electron chi connectivity index (χ2n) is 4.78. The second kappa shape index (κ2) is 4.97. The Morgan fingerprint density at radius 2 is 2.19 bits per heavy atom. The van der Waals surface area contributed by atoms with Crippen molar-refractivity contribution in [2.45, 2.75) is 37.8 Å². The molecule has 2 fully saturated rings. The first-order valence-electron chi connectivity index (χ1n) is 6.07. The van der Waals surface area contributed by atoms with Gasteiger partial charge in [-0.05, 0) is 25.8 Å². The smallest absolute Gasteiger partial charge is 0.332 e. The van der Waals surface area contributed by atoms with Crippen LogP contribution >= 0.6 is 0 Å². The molecular formula is C12H20N2O2. The van der Waals surface area contributed by atoms with Gasteiger partial charge in [0, 0.05) is 30.7 Å². The van der Waals surface area contributed by atoms with Crippen molar-refractivity contribution in [3.63, 3.8) is 0 Å². The maximum absolute atomic E-state index is 10.6. The van der Waals surface area contributed by atoms with Crippen LogP contribution in [-0.2, 0) is 4.79 Å². The molecule has 0 aliphatic carbocycles. The van der Waals surface area contributed by atoms with Crippen molar-refractivity contribution in [3.8, 4) is 0 Å². The van der Waals surface area contributed by atoms with Crippen LogP contribution in [0.5, 0.6) is 0 Å². The Bertz CT molecular complexity index is 291. The van der Waals surface area contributed by atoms with Gasteiger partial charge in [-0.3, -0.25) is 4.90 Å². The van der Waals surface area contributed by atoms with E-state index in [9.17, 15) is 4.79 Å². The average Bonchev–Trinajstić information content (AvgIpc) is 2.69. The van der Waals surface area contributed by atoms with E-state index in [0.29, 0.717) is 18.6 Å². The summed E-state index contributed by atoms with van der Waals surface area (Å²) in [6.45, 7) is 6.32. The Hall–Kier alpha value is -0.870. The van der Waals surface area contributed by atoms with Gasteiger partial charge in [-0.1, -0.05) is 13.0 Å². The predicted molar refractivity (Wildman–Crippen MR) is 62.4 cm³/mol. The molecule has 0 aromatic rings. The molecule has 2 N–H and O–H groups in total. The van der Waals surface area contributed by atoms with E-state index in [1.807, 2.05) is 0 Å². The van der Waals surface area contributed by atoms with E-state index in [1.165, 1.54) is 25.8 Å². The van der Waals surface area contributed by atoms with Crippen molar-refractivity contribution < 1.29 is 9.90 Å². The number of carboxylic acids is 1. The molecule has 0 saturated carbocycles. The number of rotatable bonds is 4. The van der Waals surface area contributed by atoms with Crippen LogP contribution < -0.4 is 5.32 Å². The molecule has 2 saturated heterocycles. The molecule has 90 valence electrons. The van der Waals surface area contributed by atoms with Gasteiger partial charge in [-0.15, -0.1) is 0 Å². The Kier molecular flexibility index (Phi) is 3.61. The first-order valence-corrected chi connectivity index (χ1v) is 6.07. The fraction of sp³-hybridized carbons (Fsp3) is 0.750.